The van der Waals surface area contributed by atoms with Gasteiger partial charge in [0.25, 0.3) is 0 Å². The van der Waals surface area contributed by atoms with E-state index >= 15 is 0 Å². The number of anilines is 2. The number of likely N-dealkylation sites (tertiary alicyclic amines) is 1. The minimum atomic E-state index is -0.311. The van der Waals surface area contributed by atoms with Crippen molar-refractivity contribution in [2.45, 2.75) is 32.2 Å². The average Bonchev–Trinajstić information content (AvgIpc) is 3.49. The van der Waals surface area contributed by atoms with Crippen molar-refractivity contribution >= 4 is 23.2 Å². The van der Waals surface area contributed by atoms with Gasteiger partial charge in [0, 0.05) is 35.8 Å². The van der Waals surface area contributed by atoms with Gasteiger partial charge in [-0.3, -0.25) is 14.5 Å². The maximum Gasteiger partial charge on any atom is 0.241 e. The van der Waals surface area contributed by atoms with Crippen molar-refractivity contribution in [2.75, 3.05) is 29.9 Å². The summed E-state index contributed by atoms with van der Waals surface area (Å²) in [5.74, 6) is 0.667. The van der Waals surface area contributed by atoms with E-state index < -0.39 is 0 Å². The molecule has 176 valence electrons. The number of halogens is 1. The van der Waals surface area contributed by atoms with E-state index in [0.717, 1.165) is 44.6 Å². The van der Waals surface area contributed by atoms with Gasteiger partial charge in [0.2, 0.25) is 23.5 Å². The predicted octanol–water partition coefficient (Wildman–Crippen LogP) is 3.85. The van der Waals surface area contributed by atoms with Crippen molar-refractivity contribution in [1.29, 1.82) is 0 Å². The third-order valence-corrected chi connectivity index (χ3v) is 6.39. The standard InChI is InChI=1S/C25H26FN5O3/c26-19-8-6-17(7-9-19)24-28-22(34-29-24)16-30-13-10-18(11-14-30)25(33)27-20-3-1-4-21(15-20)31-12-2-5-23(31)32/h1,3-4,6-9,15,18H,2,5,10-14,16H2,(H,27,33). The summed E-state index contributed by atoms with van der Waals surface area (Å²) in [5, 5.41) is 7.01. The Balaban J connectivity index is 1.13. The number of nitrogens with zero attached hydrogens (tertiary/aromatic N) is 4. The number of benzene rings is 2. The Labute approximate surface area is 196 Å². The SMILES string of the molecule is O=C(Nc1cccc(N2CCCC2=O)c1)C1CCN(Cc2nc(-c3ccc(F)cc3)no2)CC1. The summed E-state index contributed by atoms with van der Waals surface area (Å²) in [5.41, 5.74) is 2.24. The normalized spacial score (nSPS) is 17.3. The van der Waals surface area contributed by atoms with Gasteiger partial charge in [0.15, 0.2) is 0 Å². The Morgan fingerprint density at radius 3 is 2.65 bits per heavy atom. The molecule has 3 aromatic rings. The Hall–Kier alpha value is -3.59. The summed E-state index contributed by atoms with van der Waals surface area (Å²) in [6, 6.07) is 13.4. The van der Waals surface area contributed by atoms with Gasteiger partial charge < -0.3 is 14.7 Å². The highest BCUT2D eigenvalue weighted by molar-refractivity contribution is 5.97. The van der Waals surface area contributed by atoms with Crippen LogP contribution in [0, 0.1) is 11.7 Å². The zero-order valence-corrected chi connectivity index (χ0v) is 18.7. The van der Waals surface area contributed by atoms with E-state index in [0.29, 0.717) is 35.9 Å². The maximum absolute atomic E-state index is 13.1. The number of aromatic nitrogens is 2. The Bertz CT molecular complexity index is 1170. The second kappa shape index (κ2) is 9.72. The van der Waals surface area contributed by atoms with Crippen LogP contribution >= 0.6 is 0 Å². The van der Waals surface area contributed by atoms with E-state index in [9.17, 15) is 14.0 Å². The minimum absolute atomic E-state index is 0.000866. The lowest BCUT2D eigenvalue weighted by molar-refractivity contribution is -0.121. The molecule has 2 saturated heterocycles. The summed E-state index contributed by atoms with van der Waals surface area (Å²) < 4.78 is 18.5. The van der Waals surface area contributed by atoms with E-state index in [1.54, 1.807) is 17.0 Å². The van der Waals surface area contributed by atoms with Crippen LogP contribution in [0.25, 0.3) is 11.4 Å². The van der Waals surface area contributed by atoms with E-state index in [2.05, 4.69) is 20.4 Å². The first-order valence-corrected chi connectivity index (χ1v) is 11.6. The largest absolute Gasteiger partial charge is 0.338 e. The Morgan fingerprint density at radius 2 is 1.91 bits per heavy atom. The van der Waals surface area contributed by atoms with E-state index in [1.165, 1.54) is 12.1 Å². The second-order valence-electron chi connectivity index (χ2n) is 8.76. The molecule has 0 aliphatic carbocycles. The molecule has 2 aromatic carbocycles. The number of piperidine rings is 1. The molecular formula is C25H26FN5O3. The molecule has 34 heavy (non-hydrogen) atoms. The topological polar surface area (TPSA) is 91.6 Å². The van der Waals surface area contributed by atoms with Gasteiger partial charge >= 0.3 is 0 Å². The number of hydrogen-bond donors (Lipinski definition) is 1. The molecule has 8 nitrogen and oxygen atoms in total. The summed E-state index contributed by atoms with van der Waals surface area (Å²) in [6.45, 7) is 2.72. The van der Waals surface area contributed by atoms with Crippen molar-refractivity contribution in [3.05, 3.63) is 60.2 Å². The molecule has 0 bridgehead atoms. The second-order valence-corrected chi connectivity index (χ2v) is 8.76. The molecule has 1 N–H and O–H groups in total. The minimum Gasteiger partial charge on any atom is -0.338 e. The van der Waals surface area contributed by atoms with Crippen LogP contribution in [0.15, 0.2) is 53.1 Å². The molecule has 2 fully saturated rings. The zero-order chi connectivity index (χ0) is 23.5. The highest BCUT2D eigenvalue weighted by Crippen LogP contribution is 2.26. The number of nitrogens with one attached hydrogen (secondary N) is 1. The van der Waals surface area contributed by atoms with Crippen molar-refractivity contribution in [3.63, 3.8) is 0 Å². The molecule has 3 heterocycles. The Kier molecular flexibility index (Phi) is 6.35. The van der Waals surface area contributed by atoms with Gasteiger partial charge in [0.1, 0.15) is 5.82 Å². The third kappa shape index (κ3) is 4.99. The monoisotopic (exact) mass is 463 g/mol. The van der Waals surface area contributed by atoms with E-state index in [1.807, 2.05) is 24.3 Å². The fraction of sp³-hybridized carbons (Fsp3) is 0.360. The number of carbonyl (C=O) groups is 2. The molecule has 0 spiro atoms. The summed E-state index contributed by atoms with van der Waals surface area (Å²) in [7, 11) is 0. The lowest BCUT2D eigenvalue weighted by Crippen LogP contribution is -2.37. The average molecular weight is 464 g/mol. The molecule has 0 saturated carbocycles. The van der Waals surface area contributed by atoms with E-state index in [-0.39, 0.29) is 23.5 Å². The van der Waals surface area contributed by atoms with Crippen LogP contribution < -0.4 is 10.2 Å². The van der Waals surface area contributed by atoms with Crippen LogP contribution in [0.3, 0.4) is 0 Å². The number of carbonyl (C=O) groups excluding carboxylic acids is 2. The van der Waals surface area contributed by atoms with Crippen LogP contribution in [0.5, 0.6) is 0 Å². The molecule has 5 rings (SSSR count). The van der Waals surface area contributed by atoms with Gasteiger partial charge in [-0.05, 0) is 74.8 Å². The van der Waals surface area contributed by atoms with Gasteiger partial charge in [-0.2, -0.15) is 4.98 Å². The third-order valence-electron chi connectivity index (χ3n) is 6.39. The molecular weight excluding hydrogens is 437 g/mol. The van der Waals surface area contributed by atoms with Crippen LogP contribution in [0.4, 0.5) is 15.8 Å². The molecule has 0 radical (unpaired) electrons. The first-order chi connectivity index (χ1) is 16.5. The first-order valence-electron chi connectivity index (χ1n) is 11.6. The zero-order valence-electron chi connectivity index (χ0n) is 18.7. The fourth-order valence-corrected chi connectivity index (χ4v) is 4.50. The quantitative estimate of drug-likeness (QED) is 0.597. The van der Waals surface area contributed by atoms with Crippen molar-refractivity contribution in [2.24, 2.45) is 5.92 Å². The predicted molar refractivity (Wildman–Crippen MR) is 124 cm³/mol. The molecule has 2 amide bonds. The molecule has 0 atom stereocenters. The van der Waals surface area contributed by atoms with Crippen LogP contribution in [-0.4, -0.2) is 46.5 Å². The summed E-state index contributed by atoms with van der Waals surface area (Å²) >= 11 is 0. The number of amides is 2. The highest BCUT2D eigenvalue weighted by atomic mass is 19.1. The molecule has 9 heteroatoms. The number of rotatable bonds is 6. The number of hydrogen-bond acceptors (Lipinski definition) is 6. The molecule has 0 unspecified atom stereocenters. The molecule has 2 aliphatic rings. The summed E-state index contributed by atoms with van der Waals surface area (Å²) in [4.78, 5) is 33.2. The van der Waals surface area contributed by atoms with Crippen LogP contribution in [0.2, 0.25) is 0 Å². The molecule has 1 aromatic heterocycles. The lowest BCUT2D eigenvalue weighted by atomic mass is 9.96. The van der Waals surface area contributed by atoms with Crippen molar-refractivity contribution < 1.29 is 18.5 Å². The summed E-state index contributed by atoms with van der Waals surface area (Å²) in [6.07, 6.45) is 2.90. The van der Waals surface area contributed by atoms with Crippen LogP contribution in [-0.2, 0) is 16.1 Å². The van der Waals surface area contributed by atoms with Gasteiger partial charge in [-0.15, -0.1) is 0 Å². The maximum atomic E-state index is 13.1. The Morgan fingerprint density at radius 1 is 1.12 bits per heavy atom. The van der Waals surface area contributed by atoms with Gasteiger partial charge in [-0.1, -0.05) is 11.2 Å². The van der Waals surface area contributed by atoms with E-state index in [4.69, 9.17) is 4.52 Å². The van der Waals surface area contributed by atoms with Crippen molar-refractivity contribution in [1.82, 2.24) is 15.0 Å². The molecule has 2 aliphatic heterocycles. The first kappa shape index (κ1) is 22.2. The highest BCUT2D eigenvalue weighted by Gasteiger charge is 2.27. The lowest BCUT2D eigenvalue weighted by Gasteiger charge is -2.30. The van der Waals surface area contributed by atoms with Gasteiger partial charge in [-0.25, -0.2) is 4.39 Å². The fourth-order valence-electron chi connectivity index (χ4n) is 4.50. The van der Waals surface area contributed by atoms with Gasteiger partial charge in [0.05, 0.1) is 6.54 Å². The smallest absolute Gasteiger partial charge is 0.241 e. The van der Waals surface area contributed by atoms with Crippen molar-refractivity contribution in [3.8, 4) is 11.4 Å². The van der Waals surface area contributed by atoms with Crippen LogP contribution in [0.1, 0.15) is 31.6 Å².